The van der Waals surface area contributed by atoms with Gasteiger partial charge in [0.1, 0.15) is 16.6 Å². The molecule has 28 heavy (non-hydrogen) atoms. The van der Waals surface area contributed by atoms with Crippen LogP contribution in [0.25, 0.3) is 22.5 Å². The van der Waals surface area contributed by atoms with Gasteiger partial charge in [-0.3, -0.25) is 4.79 Å². The van der Waals surface area contributed by atoms with Gasteiger partial charge in [-0.15, -0.1) is 22.7 Å². The number of hydrogen-bond acceptors (Lipinski definition) is 5. The largest absolute Gasteiger partial charge is 0.302 e. The van der Waals surface area contributed by atoms with Gasteiger partial charge in [0.25, 0.3) is 0 Å². The van der Waals surface area contributed by atoms with Crippen molar-refractivity contribution in [2.24, 2.45) is 0 Å². The Hall–Kier alpha value is -2.97. The lowest BCUT2D eigenvalue weighted by Gasteiger charge is -2.00. The molecule has 1 amide bonds. The Morgan fingerprint density at radius 2 is 1.36 bits per heavy atom. The summed E-state index contributed by atoms with van der Waals surface area (Å²) >= 11 is 2.67. The minimum atomic E-state index is -0.309. The van der Waals surface area contributed by atoms with Crippen LogP contribution in [0.2, 0.25) is 0 Å². The van der Waals surface area contributed by atoms with Crippen molar-refractivity contribution < 1.29 is 13.6 Å². The summed E-state index contributed by atoms with van der Waals surface area (Å²) in [6.07, 6.45) is 0.122. The summed E-state index contributed by atoms with van der Waals surface area (Å²) in [6, 6.07) is 12.1. The van der Waals surface area contributed by atoms with E-state index >= 15 is 0 Å². The maximum Gasteiger partial charge on any atom is 0.233 e. The van der Waals surface area contributed by atoms with E-state index in [0.717, 1.165) is 11.1 Å². The molecule has 0 aliphatic heterocycles. The lowest BCUT2D eigenvalue weighted by Crippen LogP contribution is -2.14. The average Bonchev–Trinajstić information content (AvgIpc) is 3.33. The highest BCUT2D eigenvalue weighted by atomic mass is 32.1. The van der Waals surface area contributed by atoms with Gasteiger partial charge < -0.3 is 5.32 Å². The van der Waals surface area contributed by atoms with Gasteiger partial charge in [0.15, 0.2) is 5.13 Å². The summed E-state index contributed by atoms with van der Waals surface area (Å²) in [6.45, 7) is 0. The Morgan fingerprint density at radius 3 is 1.96 bits per heavy atom. The maximum atomic E-state index is 13.0. The van der Waals surface area contributed by atoms with Gasteiger partial charge in [-0.1, -0.05) is 0 Å². The van der Waals surface area contributed by atoms with E-state index in [1.54, 1.807) is 29.6 Å². The van der Waals surface area contributed by atoms with E-state index in [4.69, 9.17) is 0 Å². The predicted molar refractivity (Wildman–Crippen MR) is 107 cm³/mol. The standard InChI is InChI=1S/C20H13F2N3OS2/c21-14-5-1-12(2-6-14)16-10-27-19(23-16)9-18(26)25-20-24-17(11-28-20)13-3-7-15(22)8-4-13/h1-8,10-11H,9H2,(H,24,25,26). The topological polar surface area (TPSA) is 54.9 Å². The van der Waals surface area contributed by atoms with Crippen LogP contribution in [0.4, 0.5) is 13.9 Å². The van der Waals surface area contributed by atoms with E-state index in [1.165, 1.54) is 46.9 Å². The van der Waals surface area contributed by atoms with Crippen LogP contribution in [-0.4, -0.2) is 15.9 Å². The summed E-state index contributed by atoms with van der Waals surface area (Å²) in [4.78, 5) is 21.1. The smallest absolute Gasteiger partial charge is 0.233 e. The van der Waals surface area contributed by atoms with Crippen molar-refractivity contribution in [3.8, 4) is 22.5 Å². The highest BCUT2D eigenvalue weighted by Crippen LogP contribution is 2.26. The number of hydrogen-bond donors (Lipinski definition) is 1. The normalized spacial score (nSPS) is 10.8. The van der Waals surface area contributed by atoms with Crippen molar-refractivity contribution in [1.82, 2.24) is 9.97 Å². The third-order valence-electron chi connectivity index (χ3n) is 3.89. The van der Waals surface area contributed by atoms with Crippen LogP contribution in [0.1, 0.15) is 5.01 Å². The minimum Gasteiger partial charge on any atom is -0.302 e. The van der Waals surface area contributed by atoms with Gasteiger partial charge in [-0.25, -0.2) is 18.7 Å². The first-order valence-electron chi connectivity index (χ1n) is 8.28. The van der Waals surface area contributed by atoms with E-state index in [9.17, 15) is 13.6 Å². The van der Waals surface area contributed by atoms with Crippen LogP contribution in [-0.2, 0) is 11.2 Å². The second-order valence-electron chi connectivity index (χ2n) is 5.90. The van der Waals surface area contributed by atoms with E-state index in [2.05, 4.69) is 15.3 Å². The van der Waals surface area contributed by atoms with E-state index in [0.29, 0.717) is 21.5 Å². The van der Waals surface area contributed by atoms with Crippen LogP contribution in [0.5, 0.6) is 0 Å². The molecule has 0 fully saturated rings. The van der Waals surface area contributed by atoms with Crippen molar-refractivity contribution >= 4 is 33.7 Å². The van der Waals surface area contributed by atoms with Gasteiger partial charge >= 0.3 is 0 Å². The van der Waals surface area contributed by atoms with Crippen molar-refractivity contribution in [1.29, 1.82) is 0 Å². The van der Waals surface area contributed by atoms with Gasteiger partial charge in [-0.2, -0.15) is 0 Å². The number of rotatable bonds is 5. The van der Waals surface area contributed by atoms with Crippen LogP contribution in [0.3, 0.4) is 0 Å². The van der Waals surface area contributed by atoms with Crippen LogP contribution in [0, 0.1) is 11.6 Å². The number of anilines is 1. The molecule has 2 heterocycles. The lowest BCUT2D eigenvalue weighted by atomic mass is 10.2. The molecule has 4 aromatic rings. The molecule has 0 aliphatic carbocycles. The molecule has 0 bridgehead atoms. The van der Waals surface area contributed by atoms with Crippen LogP contribution < -0.4 is 5.32 Å². The quantitative estimate of drug-likeness (QED) is 0.477. The predicted octanol–water partition coefficient (Wildman–Crippen LogP) is 5.39. The number of carbonyl (C=O) groups excluding carboxylic acids is 1. The molecule has 0 saturated heterocycles. The minimum absolute atomic E-state index is 0.122. The third-order valence-corrected chi connectivity index (χ3v) is 5.50. The summed E-state index contributed by atoms with van der Waals surface area (Å²) in [5.74, 6) is -0.835. The fourth-order valence-electron chi connectivity index (χ4n) is 2.53. The summed E-state index contributed by atoms with van der Waals surface area (Å²) in [5, 5.41) is 7.53. The molecule has 4 rings (SSSR count). The monoisotopic (exact) mass is 413 g/mol. The number of nitrogens with one attached hydrogen (secondary N) is 1. The molecule has 0 atom stereocenters. The molecule has 0 spiro atoms. The molecule has 0 saturated carbocycles. The van der Waals surface area contributed by atoms with E-state index < -0.39 is 0 Å². The molecular weight excluding hydrogens is 400 g/mol. The number of aromatic nitrogens is 2. The number of halogens is 2. The SMILES string of the molecule is O=C(Cc1nc(-c2ccc(F)cc2)cs1)Nc1nc(-c2ccc(F)cc2)cs1. The number of amides is 1. The molecule has 4 nitrogen and oxygen atoms in total. The molecular formula is C20H13F2N3OS2. The second-order valence-corrected chi connectivity index (χ2v) is 7.70. The highest BCUT2D eigenvalue weighted by Gasteiger charge is 2.12. The number of thiazole rings is 2. The molecule has 140 valence electrons. The molecule has 2 aromatic heterocycles. The molecule has 0 aliphatic rings. The Kier molecular flexibility index (Phi) is 5.23. The zero-order valence-corrected chi connectivity index (χ0v) is 16.0. The first-order valence-corrected chi connectivity index (χ1v) is 10.0. The summed E-state index contributed by atoms with van der Waals surface area (Å²) in [5.41, 5.74) is 2.96. The summed E-state index contributed by atoms with van der Waals surface area (Å²) < 4.78 is 26.0. The Morgan fingerprint density at radius 1 is 0.821 bits per heavy atom. The molecule has 0 radical (unpaired) electrons. The second kappa shape index (κ2) is 7.95. The van der Waals surface area contributed by atoms with Gasteiger partial charge in [-0.05, 0) is 48.5 Å². The Labute approximate surface area is 167 Å². The van der Waals surface area contributed by atoms with Crippen molar-refractivity contribution in [3.63, 3.8) is 0 Å². The first kappa shape index (κ1) is 18.4. The third kappa shape index (κ3) is 4.29. The first-order chi connectivity index (χ1) is 13.6. The zero-order valence-electron chi connectivity index (χ0n) is 14.4. The fourth-order valence-corrected chi connectivity index (χ4v) is 4.07. The van der Waals surface area contributed by atoms with Crippen molar-refractivity contribution in [3.05, 3.63) is 75.9 Å². The summed E-state index contributed by atoms with van der Waals surface area (Å²) in [7, 11) is 0. The lowest BCUT2D eigenvalue weighted by molar-refractivity contribution is -0.115. The van der Waals surface area contributed by atoms with Crippen LogP contribution in [0.15, 0.2) is 59.3 Å². The van der Waals surface area contributed by atoms with E-state index in [-0.39, 0.29) is 24.0 Å². The van der Waals surface area contributed by atoms with Crippen LogP contribution >= 0.6 is 22.7 Å². The number of benzene rings is 2. The Bertz CT molecular complexity index is 1020. The van der Waals surface area contributed by atoms with E-state index in [1.807, 2.05) is 5.38 Å². The Balaban J connectivity index is 1.40. The fraction of sp³-hybridized carbons (Fsp3) is 0.0500. The maximum absolute atomic E-state index is 13.0. The van der Waals surface area contributed by atoms with Crippen molar-refractivity contribution in [2.45, 2.75) is 6.42 Å². The van der Waals surface area contributed by atoms with Gasteiger partial charge in [0.05, 0.1) is 17.8 Å². The highest BCUT2D eigenvalue weighted by molar-refractivity contribution is 7.14. The van der Waals surface area contributed by atoms with Gasteiger partial charge in [0, 0.05) is 21.9 Å². The average molecular weight is 413 g/mol. The van der Waals surface area contributed by atoms with Gasteiger partial charge in [0.2, 0.25) is 5.91 Å². The molecule has 8 heteroatoms. The van der Waals surface area contributed by atoms with Crippen molar-refractivity contribution in [2.75, 3.05) is 5.32 Å². The molecule has 2 aromatic carbocycles. The molecule has 1 N–H and O–H groups in total. The molecule has 0 unspecified atom stereocenters. The number of carbonyl (C=O) groups is 1. The number of nitrogens with zero attached hydrogens (tertiary/aromatic N) is 2. The zero-order chi connectivity index (χ0) is 19.5.